The second kappa shape index (κ2) is 7.19. The zero-order valence-corrected chi connectivity index (χ0v) is 15.0. The highest BCUT2D eigenvalue weighted by molar-refractivity contribution is 5.12. The summed E-state index contributed by atoms with van der Waals surface area (Å²) in [5.74, 6) is 2.12. The molecule has 24 heavy (non-hydrogen) atoms. The molecule has 0 unspecified atom stereocenters. The number of furan rings is 1. The van der Waals surface area contributed by atoms with Gasteiger partial charge in [-0.25, -0.2) is 0 Å². The largest absolute Gasteiger partial charge is 0.464 e. The first-order valence-electron chi connectivity index (χ1n) is 9.86. The van der Waals surface area contributed by atoms with Gasteiger partial charge < -0.3 is 13.9 Å². The van der Waals surface area contributed by atoms with Crippen LogP contribution in [0.3, 0.4) is 0 Å². The predicted molar refractivity (Wildman–Crippen MR) is 93.1 cm³/mol. The van der Waals surface area contributed by atoms with E-state index in [0.717, 1.165) is 44.2 Å². The Balaban J connectivity index is 1.40. The number of hydrogen-bond donors (Lipinski definition) is 0. The van der Waals surface area contributed by atoms with Crippen molar-refractivity contribution in [1.29, 1.82) is 0 Å². The predicted octanol–water partition coefficient (Wildman–Crippen LogP) is 4.10. The van der Waals surface area contributed by atoms with E-state index < -0.39 is 0 Å². The van der Waals surface area contributed by atoms with Crippen molar-refractivity contribution in [2.75, 3.05) is 26.3 Å². The van der Waals surface area contributed by atoms with Crippen LogP contribution in [0.15, 0.2) is 16.5 Å². The van der Waals surface area contributed by atoms with Crippen LogP contribution in [0.5, 0.6) is 0 Å². The molecule has 1 aromatic heterocycles. The van der Waals surface area contributed by atoms with Crippen LogP contribution in [0, 0.1) is 0 Å². The number of ether oxygens (including phenoxy) is 2. The third-order valence-electron chi connectivity index (χ3n) is 6.14. The molecule has 0 N–H and O–H groups in total. The van der Waals surface area contributed by atoms with Gasteiger partial charge in [0.25, 0.3) is 0 Å². The van der Waals surface area contributed by atoms with Crippen LogP contribution in [0.1, 0.15) is 69.4 Å². The third-order valence-corrected chi connectivity index (χ3v) is 6.14. The Morgan fingerprint density at radius 3 is 2.83 bits per heavy atom. The fourth-order valence-electron chi connectivity index (χ4n) is 4.73. The van der Waals surface area contributed by atoms with Crippen LogP contribution in [0.4, 0.5) is 0 Å². The monoisotopic (exact) mass is 333 g/mol. The first-order valence-corrected chi connectivity index (χ1v) is 9.86. The average Bonchev–Trinajstić information content (AvgIpc) is 3.24. The van der Waals surface area contributed by atoms with Gasteiger partial charge in [0.05, 0.1) is 31.0 Å². The molecule has 0 amide bonds. The standard InChI is InChI=1S/C20H31NO3/c1-2-16-6-7-19(23-16)18-15-22-13-12-21(18)14-17-8-11-20(24-17)9-4-3-5-10-20/h6-7,17-18H,2-5,8-15H2,1H3/t17-,18-/m1/s1. The Hall–Kier alpha value is -0.840. The highest BCUT2D eigenvalue weighted by Gasteiger charge is 2.42. The Morgan fingerprint density at radius 1 is 1.17 bits per heavy atom. The molecule has 3 aliphatic rings. The Kier molecular flexibility index (Phi) is 4.98. The molecule has 0 aromatic carbocycles. The quantitative estimate of drug-likeness (QED) is 0.831. The SMILES string of the molecule is CCc1ccc([C@H]2COCCN2C[C@H]2CCC3(CCCCC3)O2)o1. The third kappa shape index (κ3) is 3.42. The van der Waals surface area contributed by atoms with Crippen LogP contribution < -0.4 is 0 Å². The molecule has 3 fully saturated rings. The lowest BCUT2D eigenvalue weighted by atomic mass is 9.83. The molecular weight excluding hydrogens is 302 g/mol. The summed E-state index contributed by atoms with van der Waals surface area (Å²) in [4.78, 5) is 2.52. The Morgan fingerprint density at radius 2 is 2.04 bits per heavy atom. The number of rotatable bonds is 4. The minimum Gasteiger partial charge on any atom is -0.464 e. The minimum absolute atomic E-state index is 0.213. The highest BCUT2D eigenvalue weighted by Crippen LogP contribution is 2.42. The first kappa shape index (κ1) is 16.6. The molecule has 4 nitrogen and oxygen atoms in total. The number of hydrogen-bond acceptors (Lipinski definition) is 4. The van der Waals surface area contributed by atoms with Gasteiger partial charge in [0.1, 0.15) is 11.5 Å². The van der Waals surface area contributed by atoms with Crippen molar-refractivity contribution in [3.05, 3.63) is 23.7 Å². The maximum absolute atomic E-state index is 6.59. The van der Waals surface area contributed by atoms with Crippen LogP contribution in [0.2, 0.25) is 0 Å². The van der Waals surface area contributed by atoms with E-state index in [0.29, 0.717) is 6.10 Å². The maximum atomic E-state index is 6.59. The van der Waals surface area contributed by atoms with Crippen molar-refractivity contribution >= 4 is 0 Å². The zero-order valence-electron chi connectivity index (χ0n) is 15.0. The molecule has 4 heteroatoms. The van der Waals surface area contributed by atoms with Gasteiger partial charge in [-0.3, -0.25) is 4.90 Å². The molecule has 1 aliphatic carbocycles. The Bertz CT molecular complexity index is 535. The van der Waals surface area contributed by atoms with E-state index in [4.69, 9.17) is 13.9 Å². The van der Waals surface area contributed by atoms with Crippen LogP contribution >= 0.6 is 0 Å². The lowest BCUT2D eigenvalue weighted by molar-refractivity contribution is -0.0900. The van der Waals surface area contributed by atoms with Crippen LogP contribution in [0.25, 0.3) is 0 Å². The molecule has 4 rings (SSSR count). The molecular formula is C20H31NO3. The molecule has 2 aliphatic heterocycles. The summed E-state index contributed by atoms with van der Waals surface area (Å²) in [6, 6.07) is 4.47. The molecule has 2 saturated heterocycles. The van der Waals surface area contributed by atoms with E-state index in [1.54, 1.807) is 0 Å². The molecule has 1 aromatic rings. The first-order chi connectivity index (χ1) is 11.8. The fraction of sp³-hybridized carbons (Fsp3) is 0.800. The minimum atomic E-state index is 0.213. The summed E-state index contributed by atoms with van der Waals surface area (Å²) in [5, 5.41) is 0. The topological polar surface area (TPSA) is 34.8 Å². The van der Waals surface area contributed by atoms with E-state index >= 15 is 0 Å². The number of morpholine rings is 1. The zero-order chi connectivity index (χ0) is 16.4. The van der Waals surface area contributed by atoms with Crippen molar-refractivity contribution in [2.24, 2.45) is 0 Å². The highest BCUT2D eigenvalue weighted by atomic mass is 16.5. The summed E-state index contributed by atoms with van der Waals surface area (Å²) in [6.07, 6.45) is 10.4. The summed E-state index contributed by atoms with van der Waals surface area (Å²) in [6.45, 7) is 5.66. The van der Waals surface area contributed by atoms with E-state index in [9.17, 15) is 0 Å². The number of nitrogens with zero attached hydrogens (tertiary/aromatic N) is 1. The van der Waals surface area contributed by atoms with Crippen LogP contribution in [-0.2, 0) is 15.9 Å². The summed E-state index contributed by atoms with van der Waals surface area (Å²) in [5.41, 5.74) is 0.213. The smallest absolute Gasteiger partial charge is 0.123 e. The van der Waals surface area contributed by atoms with Crippen molar-refractivity contribution < 1.29 is 13.9 Å². The second-order valence-corrected chi connectivity index (χ2v) is 7.77. The molecule has 1 spiro atoms. The Labute approximate surface area is 145 Å². The number of aryl methyl sites for hydroxylation is 1. The normalized spacial score (nSPS) is 30.9. The van der Waals surface area contributed by atoms with Crippen molar-refractivity contribution in [3.63, 3.8) is 0 Å². The molecule has 134 valence electrons. The molecule has 3 heterocycles. The van der Waals surface area contributed by atoms with Crippen molar-refractivity contribution in [2.45, 2.75) is 76.0 Å². The van der Waals surface area contributed by atoms with Gasteiger partial charge in [0.15, 0.2) is 0 Å². The lowest BCUT2D eigenvalue weighted by Gasteiger charge is -2.37. The van der Waals surface area contributed by atoms with Gasteiger partial charge in [0.2, 0.25) is 0 Å². The van der Waals surface area contributed by atoms with Gasteiger partial charge in [-0.1, -0.05) is 26.2 Å². The maximum Gasteiger partial charge on any atom is 0.123 e. The van der Waals surface area contributed by atoms with Crippen LogP contribution in [-0.4, -0.2) is 42.9 Å². The van der Waals surface area contributed by atoms with Gasteiger partial charge in [0, 0.05) is 19.5 Å². The summed E-state index contributed by atoms with van der Waals surface area (Å²) < 4.78 is 18.3. The molecule has 1 saturated carbocycles. The van der Waals surface area contributed by atoms with Gasteiger partial charge in [-0.2, -0.15) is 0 Å². The van der Waals surface area contributed by atoms with E-state index in [1.165, 1.54) is 44.9 Å². The summed E-state index contributed by atoms with van der Waals surface area (Å²) in [7, 11) is 0. The van der Waals surface area contributed by atoms with Gasteiger partial charge in [-0.15, -0.1) is 0 Å². The average molecular weight is 333 g/mol. The molecule has 0 radical (unpaired) electrons. The van der Waals surface area contributed by atoms with E-state index in [2.05, 4.69) is 24.0 Å². The van der Waals surface area contributed by atoms with Crippen molar-refractivity contribution in [1.82, 2.24) is 4.90 Å². The van der Waals surface area contributed by atoms with E-state index in [-0.39, 0.29) is 11.6 Å². The van der Waals surface area contributed by atoms with Crippen molar-refractivity contribution in [3.8, 4) is 0 Å². The second-order valence-electron chi connectivity index (χ2n) is 7.77. The van der Waals surface area contributed by atoms with E-state index in [1.807, 2.05) is 0 Å². The molecule has 0 bridgehead atoms. The van der Waals surface area contributed by atoms with Gasteiger partial charge >= 0.3 is 0 Å². The molecule has 2 atom stereocenters. The lowest BCUT2D eigenvalue weighted by Crippen LogP contribution is -2.44. The summed E-state index contributed by atoms with van der Waals surface area (Å²) >= 11 is 0. The van der Waals surface area contributed by atoms with Gasteiger partial charge in [-0.05, 0) is 37.8 Å². The fourth-order valence-corrected chi connectivity index (χ4v) is 4.73.